The Hall–Kier alpha value is -1.91. The fourth-order valence-corrected chi connectivity index (χ4v) is 3.54. The first-order valence-corrected chi connectivity index (χ1v) is 8.49. The number of nitrogens with zero attached hydrogens (tertiary/aromatic N) is 2. The van der Waals surface area contributed by atoms with Gasteiger partial charge in [0.2, 0.25) is 5.91 Å². The van der Waals surface area contributed by atoms with Crippen molar-refractivity contribution in [1.29, 1.82) is 0 Å². The Kier molecular flexibility index (Phi) is 4.94. The SMILES string of the molecule is O=C(c1cccc(F)c1)N1CCN(C(=O)C2CCCCC2)CC1. The van der Waals surface area contributed by atoms with Crippen molar-refractivity contribution in [3.8, 4) is 0 Å². The van der Waals surface area contributed by atoms with Crippen molar-refractivity contribution in [2.45, 2.75) is 32.1 Å². The fourth-order valence-electron chi connectivity index (χ4n) is 3.54. The van der Waals surface area contributed by atoms with E-state index in [1.54, 1.807) is 17.0 Å². The Balaban J connectivity index is 1.55. The lowest BCUT2D eigenvalue weighted by atomic mass is 9.88. The van der Waals surface area contributed by atoms with Crippen molar-refractivity contribution in [2.24, 2.45) is 5.92 Å². The van der Waals surface area contributed by atoms with Crippen molar-refractivity contribution in [1.82, 2.24) is 9.80 Å². The molecule has 0 bridgehead atoms. The number of carbonyl (C=O) groups is 2. The van der Waals surface area contributed by atoms with Crippen LogP contribution in [0.15, 0.2) is 24.3 Å². The molecule has 3 rings (SSSR count). The second-order valence-corrected chi connectivity index (χ2v) is 6.46. The number of carbonyl (C=O) groups excluding carboxylic acids is 2. The molecule has 0 N–H and O–H groups in total. The molecule has 0 radical (unpaired) electrons. The molecule has 5 heteroatoms. The van der Waals surface area contributed by atoms with Gasteiger partial charge in [0.05, 0.1) is 0 Å². The molecule has 4 nitrogen and oxygen atoms in total. The van der Waals surface area contributed by atoms with Crippen LogP contribution in [0.25, 0.3) is 0 Å². The first kappa shape index (κ1) is 16.0. The van der Waals surface area contributed by atoms with Crippen LogP contribution in [0.2, 0.25) is 0 Å². The second kappa shape index (κ2) is 7.11. The number of hydrogen-bond donors (Lipinski definition) is 0. The maximum absolute atomic E-state index is 13.2. The zero-order valence-corrected chi connectivity index (χ0v) is 13.3. The number of piperazine rings is 1. The van der Waals surface area contributed by atoms with Crippen molar-refractivity contribution < 1.29 is 14.0 Å². The van der Waals surface area contributed by atoms with Crippen molar-refractivity contribution in [2.75, 3.05) is 26.2 Å². The number of hydrogen-bond acceptors (Lipinski definition) is 2. The van der Waals surface area contributed by atoms with Gasteiger partial charge in [0.25, 0.3) is 5.91 Å². The van der Waals surface area contributed by atoms with Gasteiger partial charge < -0.3 is 9.80 Å². The van der Waals surface area contributed by atoms with Crippen LogP contribution in [0.5, 0.6) is 0 Å². The molecule has 0 aromatic heterocycles. The minimum absolute atomic E-state index is 0.158. The van der Waals surface area contributed by atoms with Crippen molar-refractivity contribution in [3.05, 3.63) is 35.6 Å². The number of rotatable bonds is 2. The van der Waals surface area contributed by atoms with E-state index in [9.17, 15) is 14.0 Å². The van der Waals surface area contributed by atoms with Gasteiger partial charge >= 0.3 is 0 Å². The van der Waals surface area contributed by atoms with Gasteiger partial charge in [-0.2, -0.15) is 0 Å². The Labute approximate surface area is 136 Å². The van der Waals surface area contributed by atoms with Gasteiger partial charge in [-0.15, -0.1) is 0 Å². The van der Waals surface area contributed by atoms with E-state index >= 15 is 0 Å². The molecular weight excluding hydrogens is 295 g/mol. The van der Waals surface area contributed by atoms with Gasteiger partial charge in [-0.3, -0.25) is 9.59 Å². The largest absolute Gasteiger partial charge is 0.339 e. The fraction of sp³-hybridized carbons (Fsp3) is 0.556. The highest BCUT2D eigenvalue weighted by atomic mass is 19.1. The maximum atomic E-state index is 13.2. The molecule has 1 saturated heterocycles. The lowest BCUT2D eigenvalue weighted by molar-refractivity contribution is -0.138. The molecule has 1 aliphatic carbocycles. The van der Waals surface area contributed by atoms with Crippen LogP contribution in [0.1, 0.15) is 42.5 Å². The summed E-state index contributed by atoms with van der Waals surface area (Å²) >= 11 is 0. The monoisotopic (exact) mass is 318 g/mol. The van der Waals surface area contributed by atoms with Crippen LogP contribution in [0.4, 0.5) is 4.39 Å². The van der Waals surface area contributed by atoms with E-state index in [4.69, 9.17) is 0 Å². The highest BCUT2D eigenvalue weighted by Gasteiger charge is 2.29. The van der Waals surface area contributed by atoms with Gasteiger partial charge in [-0.05, 0) is 31.0 Å². The van der Waals surface area contributed by atoms with Crippen LogP contribution in [-0.4, -0.2) is 47.8 Å². The molecule has 23 heavy (non-hydrogen) atoms. The van der Waals surface area contributed by atoms with Crippen molar-refractivity contribution >= 4 is 11.8 Å². The predicted molar refractivity (Wildman–Crippen MR) is 85.5 cm³/mol. The van der Waals surface area contributed by atoms with Crippen LogP contribution in [-0.2, 0) is 4.79 Å². The van der Waals surface area contributed by atoms with Gasteiger partial charge in [-0.1, -0.05) is 25.3 Å². The van der Waals surface area contributed by atoms with Gasteiger partial charge in [0.1, 0.15) is 5.82 Å². The summed E-state index contributed by atoms with van der Waals surface area (Å²) in [5.74, 6) is -0.131. The summed E-state index contributed by atoms with van der Waals surface area (Å²) in [6.07, 6.45) is 5.53. The van der Waals surface area contributed by atoms with E-state index < -0.39 is 5.82 Å². The third-order valence-electron chi connectivity index (χ3n) is 4.90. The lowest BCUT2D eigenvalue weighted by Gasteiger charge is -2.37. The third-order valence-corrected chi connectivity index (χ3v) is 4.90. The quantitative estimate of drug-likeness (QED) is 0.841. The highest BCUT2D eigenvalue weighted by molar-refractivity contribution is 5.94. The normalized spacial score (nSPS) is 19.7. The summed E-state index contributed by atoms with van der Waals surface area (Å²) in [5.41, 5.74) is 0.372. The first-order valence-electron chi connectivity index (χ1n) is 8.49. The molecule has 1 aromatic rings. The summed E-state index contributed by atoms with van der Waals surface area (Å²) in [6, 6.07) is 5.77. The molecule has 1 aliphatic heterocycles. The standard InChI is InChI=1S/C18H23FN2O2/c19-16-8-4-7-15(13-16)18(23)21-11-9-20(10-12-21)17(22)14-5-2-1-3-6-14/h4,7-8,13-14H,1-3,5-6,9-12H2. The van der Waals surface area contributed by atoms with Crippen LogP contribution >= 0.6 is 0 Å². The smallest absolute Gasteiger partial charge is 0.254 e. The summed E-state index contributed by atoms with van der Waals surface area (Å²) in [5, 5.41) is 0. The summed E-state index contributed by atoms with van der Waals surface area (Å²) < 4.78 is 13.2. The Morgan fingerprint density at radius 2 is 1.61 bits per heavy atom. The van der Waals surface area contributed by atoms with Gasteiger partial charge in [0.15, 0.2) is 0 Å². The highest BCUT2D eigenvalue weighted by Crippen LogP contribution is 2.26. The number of benzene rings is 1. The average molecular weight is 318 g/mol. The summed E-state index contributed by atoms with van der Waals surface area (Å²) in [4.78, 5) is 28.5. The number of halogens is 1. The molecule has 2 aliphatic rings. The molecule has 0 unspecified atom stereocenters. The van der Waals surface area contributed by atoms with E-state index in [1.165, 1.54) is 18.6 Å². The van der Waals surface area contributed by atoms with E-state index in [-0.39, 0.29) is 17.7 Å². The Morgan fingerprint density at radius 3 is 2.26 bits per heavy atom. The minimum atomic E-state index is -0.401. The molecule has 124 valence electrons. The van der Waals surface area contributed by atoms with E-state index in [0.717, 1.165) is 25.7 Å². The maximum Gasteiger partial charge on any atom is 0.254 e. The molecular formula is C18H23FN2O2. The molecule has 2 amide bonds. The zero-order chi connectivity index (χ0) is 16.2. The van der Waals surface area contributed by atoms with E-state index in [0.29, 0.717) is 31.7 Å². The molecule has 1 aromatic carbocycles. The zero-order valence-electron chi connectivity index (χ0n) is 13.3. The molecule has 1 heterocycles. The van der Waals surface area contributed by atoms with E-state index in [1.807, 2.05) is 4.90 Å². The van der Waals surface area contributed by atoms with Crippen LogP contribution in [0, 0.1) is 11.7 Å². The molecule has 2 fully saturated rings. The minimum Gasteiger partial charge on any atom is -0.339 e. The molecule has 1 saturated carbocycles. The van der Waals surface area contributed by atoms with Gasteiger partial charge in [-0.25, -0.2) is 4.39 Å². The lowest BCUT2D eigenvalue weighted by Crippen LogP contribution is -2.52. The topological polar surface area (TPSA) is 40.6 Å². The van der Waals surface area contributed by atoms with Crippen LogP contribution in [0.3, 0.4) is 0 Å². The Bertz CT molecular complexity index is 576. The number of amides is 2. The van der Waals surface area contributed by atoms with E-state index in [2.05, 4.69) is 0 Å². The summed E-state index contributed by atoms with van der Waals surface area (Å²) in [7, 11) is 0. The third kappa shape index (κ3) is 3.71. The van der Waals surface area contributed by atoms with Gasteiger partial charge in [0, 0.05) is 37.7 Å². The molecule has 0 spiro atoms. The first-order chi connectivity index (χ1) is 11.1. The van der Waals surface area contributed by atoms with Crippen LogP contribution < -0.4 is 0 Å². The second-order valence-electron chi connectivity index (χ2n) is 6.46. The average Bonchev–Trinajstić information content (AvgIpc) is 2.61. The summed E-state index contributed by atoms with van der Waals surface area (Å²) in [6.45, 7) is 2.20. The molecule has 0 atom stereocenters. The van der Waals surface area contributed by atoms with Crippen molar-refractivity contribution in [3.63, 3.8) is 0 Å². The predicted octanol–water partition coefficient (Wildman–Crippen LogP) is 2.69. The Morgan fingerprint density at radius 1 is 0.957 bits per heavy atom.